The highest BCUT2D eigenvalue weighted by Gasteiger charge is 2.17. The van der Waals surface area contributed by atoms with Crippen molar-refractivity contribution in [3.8, 4) is 11.3 Å². The summed E-state index contributed by atoms with van der Waals surface area (Å²) in [5.41, 5.74) is 7.27. The molecule has 0 N–H and O–H groups in total. The van der Waals surface area contributed by atoms with E-state index in [1.165, 1.54) is 11.3 Å². The molecule has 6 aromatic rings. The molecular formula is C26H19N3OS. The second kappa shape index (κ2) is 6.65. The Labute approximate surface area is 182 Å². The first-order chi connectivity index (χ1) is 15.1. The van der Waals surface area contributed by atoms with Gasteiger partial charge in [0.1, 0.15) is 0 Å². The number of fused-ring (bicyclic) bond motifs is 4. The van der Waals surface area contributed by atoms with Crippen molar-refractivity contribution in [3.63, 3.8) is 0 Å². The molecular weight excluding hydrogens is 402 g/mol. The molecule has 3 aromatic heterocycles. The van der Waals surface area contributed by atoms with Gasteiger partial charge in [-0.05, 0) is 36.3 Å². The van der Waals surface area contributed by atoms with Crippen molar-refractivity contribution in [1.29, 1.82) is 0 Å². The summed E-state index contributed by atoms with van der Waals surface area (Å²) in [5, 5.41) is 1.13. The molecule has 0 saturated heterocycles. The number of aromatic nitrogens is 3. The average molecular weight is 422 g/mol. The Morgan fingerprint density at radius 3 is 2.48 bits per heavy atom. The molecule has 0 aliphatic rings. The average Bonchev–Trinajstić information content (AvgIpc) is 3.40. The summed E-state index contributed by atoms with van der Waals surface area (Å²) in [6.45, 7) is 2.03. The molecule has 0 fully saturated rings. The summed E-state index contributed by atoms with van der Waals surface area (Å²) in [5.74, 6) is 0. The molecule has 3 aromatic carbocycles. The van der Waals surface area contributed by atoms with E-state index in [4.69, 9.17) is 4.98 Å². The van der Waals surface area contributed by atoms with Gasteiger partial charge in [-0.25, -0.2) is 9.38 Å². The molecule has 0 aliphatic carbocycles. The number of imidazole rings is 1. The number of hydrogen-bond acceptors (Lipinski definition) is 3. The topological polar surface area (TPSA) is 39.3 Å². The smallest absolute Gasteiger partial charge is 0.274 e. The van der Waals surface area contributed by atoms with Crippen LogP contribution < -0.4 is 10.1 Å². The molecule has 0 atom stereocenters. The van der Waals surface area contributed by atoms with E-state index in [9.17, 15) is 4.79 Å². The number of thiazole rings is 1. The Hall–Kier alpha value is -3.70. The molecule has 4 nitrogen and oxygen atoms in total. The Kier molecular flexibility index (Phi) is 3.88. The largest absolute Gasteiger partial charge is 0.343 e. The van der Waals surface area contributed by atoms with Gasteiger partial charge in [0.15, 0.2) is 4.96 Å². The highest BCUT2D eigenvalue weighted by Crippen LogP contribution is 2.33. The second-order valence-corrected chi connectivity index (χ2v) is 8.80. The standard InChI is InChI=1S/C26H19N3OS/c1-16-9-8-14-21-23(16)27-26-29(21)25(30)22(31-26)15-19-18-12-6-7-13-20(18)28(2)24(19)17-10-4-3-5-11-17/h3-15H,1-2H3/b22-15-. The minimum atomic E-state index is -0.0138. The number of benzene rings is 3. The Bertz CT molecular complexity index is 1720. The highest BCUT2D eigenvalue weighted by atomic mass is 32.1. The van der Waals surface area contributed by atoms with Gasteiger partial charge in [-0.3, -0.25) is 4.79 Å². The molecule has 5 heteroatoms. The summed E-state index contributed by atoms with van der Waals surface area (Å²) >= 11 is 1.45. The van der Waals surface area contributed by atoms with E-state index in [-0.39, 0.29) is 5.56 Å². The molecule has 0 spiro atoms. The van der Waals surface area contributed by atoms with Crippen LogP contribution in [0.3, 0.4) is 0 Å². The molecule has 31 heavy (non-hydrogen) atoms. The third-order valence-electron chi connectivity index (χ3n) is 5.94. The minimum absolute atomic E-state index is 0.0138. The van der Waals surface area contributed by atoms with Crippen LogP contribution in [0.25, 0.3) is 44.2 Å². The number of hydrogen-bond donors (Lipinski definition) is 0. The van der Waals surface area contributed by atoms with Gasteiger partial charge < -0.3 is 4.57 Å². The first kappa shape index (κ1) is 18.1. The lowest BCUT2D eigenvalue weighted by molar-refractivity contribution is 0.977. The van der Waals surface area contributed by atoms with E-state index in [0.717, 1.165) is 49.3 Å². The van der Waals surface area contributed by atoms with Crippen molar-refractivity contribution >= 4 is 44.3 Å². The van der Waals surface area contributed by atoms with Gasteiger partial charge >= 0.3 is 0 Å². The number of para-hydroxylation sites is 2. The van der Waals surface area contributed by atoms with E-state index in [0.29, 0.717) is 4.53 Å². The zero-order valence-electron chi connectivity index (χ0n) is 17.2. The second-order valence-electron chi connectivity index (χ2n) is 7.79. The van der Waals surface area contributed by atoms with Crippen LogP contribution in [0.2, 0.25) is 0 Å². The third kappa shape index (κ3) is 2.60. The Balaban J connectivity index is 1.70. The molecule has 0 bridgehead atoms. The Morgan fingerprint density at radius 2 is 1.65 bits per heavy atom. The Morgan fingerprint density at radius 1 is 0.903 bits per heavy atom. The lowest BCUT2D eigenvalue weighted by Crippen LogP contribution is -2.22. The number of aryl methyl sites for hydroxylation is 2. The molecule has 0 aliphatic heterocycles. The quantitative estimate of drug-likeness (QED) is 0.398. The van der Waals surface area contributed by atoms with Gasteiger partial charge in [0.25, 0.3) is 5.56 Å². The van der Waals surface area contributed by atoms with E-state index in [1.54, 1.807) is 4.40 Å². The molecule has 0 unspecified atom stereocenters. The third-order valence-corrected chi connectivity index (χ3v) is 6.91. The van der Waals surface area contributed by atoms with E-state index < -0.39 is 0 Å². The summed E-state index contributed by atoms with van der Waals surface area (Å²) in [6.07, 6.45) is 2.04. The molecule has 0 saturated carbocycles. The fraction of sp³-hybridized carbons (Fsp3) is 0.0769. The minimum Gasteiger partial charge on any atom is -0.343 e. The summed E-state index contributed by atoms with van der Waals surface area (Å²) < 4.78 is 4.64. The fourth-order valence-electron chi connectivity index (χ4n) is 4.47. The highest BCUT2D eigenvalue weighted by molar-refractivity contribution is 7.15. The zero-order valence-corrected chi connectivity index (χ0v) is 18.0. The van der Waals surface area contributed by atoms with Gasteiger partial charge in [-0.1, -0.05) is 72.0 Å². The van der Waals surface area contributed by atoms with Gasteiger partial charge in [-0.15, -0.1) is 0 Å². The fourth-order valence-corrected chi connectivity index (χ4v) is 5.43. The monoisotopic (exact) mass is 421 g/mol. The lowest BCUT2D eigenvalue weighted by atomic mass is 10.0. The van der Waals surface area contributed by atoms with Crippen molar-refractivity contribution in [2.75, 3.05) is 0 Å². The van der Waals surface area contributed by atoms with Gasteiger partial charge in [0.2, 0.25) is 0 Å². The SMILES string of the molecule is Cc1cccc2c1nc1s/c(=C\c3c(-c4ccccc4)n(C)c4ccccc34)c(=O)n12. The van der Waals surface area contributed by atoms with Crippen molar-refractivity contribution in [2.45, 2.75) is 6.92 Å². The molecule has 0 radical (unpaired) electrons. The normalized spacial score (nSPS) is 12.5. The molecule has 0 amide bonds. The molecule has 6 rings (SSSR count). The van der Waals surface area contributed by atoms with Crippen molar-refractivity contribution < 1.29 is 0 Å². The summed E-state index contributed by atoms with van der Waals surface area (Å²) in [4.78, 5) is 18.9. The first-order valence-corrected chi connectivity index (χ1v) is 11.0. The van der Waals surface area contributed by atoms with E-state index in [2.05, 4.69) is 35.9 Å². The first-order valence-electron chi connectivity index (χ1n) is 10.2. The zero-order chi connectivity index (χ0) is 21.1. The predicted molar refractivity (Wildman–Crippen MR) is 129 cm³/mol. The van der Waals surface area contributed by atoms with Crippen LogP contribution >= 0.6 is 11.3 Å². The van der Waals surface area contributed by atoms with Crippen LogP contribution in [0.4, 0.5) is 0 Å². The number of nitrogens with zero attached hydrogens (tertiary/aromatic N) is 3. The van der Waals surface area contributed by atoms with Crippen molar-refractivity contribution in [2.24, 2.45) is 7.05 Å². The van der Waals surface area contributed by atoms with Crippen LogP contribution in [0.15, 0.2) is 77.6 Å². The van der Waals surface area contributed by atoms with Gasteiger partial charge in [0.05, 0.1) is 21.3 Å². The summed E-state index contributed by atoms with van der Waals surface area (Å²) in [6, 6.07) is 24.6. The van der Waals surface area contributed by atoms with Crippen LogP contribution in [0.5, 0.6) is 0 Å². The predicted octanol–water partition coefficient (Wildman–Crippen LogP) is 4.92. The van der Waals surface area contributed by atoms with Crippen LogP contribution in [-0.2, 0) is 7.05 Å². The van der Waals surface area contributed by atoms with Crippen molar-refractivity contribution in [3.05, 3.63) is 98.8 Å². The lowest BCUT2D eigenvalue weighted by Gasteiger charge is -2.06. The summed E-state index contributed by atoms with van der Waals surface area (Å²) in [7, 11) is 2.08. The van der Waals surface area contributed by atoms with Crippen LogP contribution in [0.1, 0.15) is 11.1 Å². The van der Waals surface area contributed by atoms with Crippen LogP contribution in [-0.4, -0.2) is 14.0 Å². The maximum absolute atomic E-state index is 13.4. The van der Waals surface area contributed by atoms with Crippen molar-refractivity contribution in [1.82, 2.24) is 14.0 Å². The maximum Gasteiger partial charge on any atom is 0.274 e. The van der Waals surface area contributed by atoms with E-state index in [1.807, 2.05) is 61.5 Å². The maximum atomic E-state index is 13.4. The number of rotatable bonds is 2. The van der Waals surface area contributed by atoms with Gasteiger partial charge in [0, 0.05) is 23.5 Å². The molecule has 150 valence electrons. The van der Waals surface area contributed by atoms with E-state index >= 15 is 0 Å². The van der Waals surface area contributed by atoms with Gasteiger partial charge in [-0.2, -0.15) is 0 Å². The molecule has 3 heterocycles. The van der Waals surface area contributed by atoms with Crippen LogP contribution in [0, 0.1) is 6.92 Å².